The highest BCUT2D eigenvalue weighted by Crippen LogP contribution is 2.48. The number of carbonyl (C=O) groups is 1. The smallest absolute Gasteiger partial charge is 0.217 e. The Morgan fingerprint density at radius 3 is 2.61 bits per heavy atom. The van der Waals surface area contributed by atoms with Gasteiger partial charge in [0, 0.05) is 13.5 Å². The molecule has 1 amide bonds. The standard InChI is InChI=1S/C26H31N3O2/c1-19(30)28-25-17-26(16-22-7-8-23(31-2)15-24(22)25)10-13-29(14-11-26)12-9-20-3-5-21(18-27)6-4-20/h3-8,15,25H,9-14,16-17H2,1-2H3,(H,28,30)/t25-/m0/s1. The Morgan fingerprint density at radius 1 is 1.23 bits per heavy atom. The molecule has 1 aliphatic heterocycles. The number of amides is 1. The van der Waals surface area contributed by atoms with Gasteiger partial charge in [0.1, 0.15) is 5.75 Å². The highest BCUT2D eigenvalue weighted by Gasteiger charge is 2.41. The van der Waals surface area contributed by atoms with Crippen molar-refractivity contribution >= 4 is 5.91 Å². The predicted molar refractivity (Wildman–Crippen MR) is 121 cm³/mol. The van der Waals surface area contributed by atoms with Crippen molar-refractivity contribution in [2.75, 3.05) is 26.7 Å². The van der Waals surface area contributed by atoms with Crippen LogP contribution < -0.4 is 10.1 Å². The lowest BCUT2D eigenvalue weighted by atomic mass is 9.64. The van der Waals surface area contributed by atoms with Gasteiger partial charge in [0.25, 0.3) is 0 Å². The van der Waals surface area contributed by atoms with Crippen LogP contribution in [0.1, 0.15) is 54.5 Å². The molecule has 2 aromatic rings. The third kappa shape index (κ3) is 4.91. The van der Waals surface area contributed by atoms with E-state index < -0.39 is 0 Å². The van der Waals surface area contributed by atoms with Crippen LogP contribution >= 0.6 is 0 Å². The average Bonchev–Trinajstić information content (AvgIpc) is 2.78. The maximum absolute atomic E-state index is 11.9. The van der Waals surface area contributed by atoms with E-state index in [4.69, 9.17) is 10.00 Å². The molecule has 1 atom stereocenters. The van der Waals surface area contributed by atoms with Gasteiger partial charge in [-0.1, -0.05) is 18.2 Å². The molecule has 0 bridgehead atoms. The van der Waals surface area contributed by atoms with Crippen LogP contribution in [0.15, 0.2) is 42.5 Å². The Kier molecular flexibility index (Phi) is 6.29. The van der Waals surface area contributed by atoms with Gasteiger partial charge >= 0.3 is 0 Å². The van der Waals surface area contributed by atoms with Gasteiger partial charge < -0.3 is 15.0 Å². The van der Waals surface area contributed by atoms with E-state index in [1.807, 2.05) is 18.2 Å². The first-order chi connectivity index (χ1) is 15.0. The molecular formula is C26H31N3O2. The second-order valence-electron chi connectivity index (χ2n) is 9.10. The van der Waals surface area contributed by atoms with Crippen molar-refractivity contribution in [2.24, 2.45) is 5.41 Å². The zero-order valence-electron chi connectivity index (χ0n) is 18.5. The molecule has 0 radical (unpaired) electrons. The largest absolute Gasteiger partial charge is 0.497 e. The number of hydrogen-bond acceptors (Lipinski definition) is 4. The summed E-state index contributed by atoms with van der Waals surface area (Å²) >= 11 is 0. The average molecular weight is 418 g/mol. The quantitative estimate of drug-likeness (QED) is 0.798. The molecule has 162 valence electrons. The highest BCUT2D eigenvalue weighted by molar-refractivity contribution is 5.73. The van der Waals surface area contributed by atoms with Crippen molar-refractivity contribution in [1.29, 1.82) is 5.26 Å². The van der Waals surface area contributed by atoms with Crippen molar-refractivity contribution in [3.63, 3.8) is 0 Å². The Bertz CT molecular complexity index is 969. The molecule has 2 aliphatic rings. The van der Waals surface area contributed by atoms with Crippen LogP contribution in [0.2, 0.25) is 0 Å². The molecule has 5 heteroatoms. The summed E-state index contributed by atoms with van der Waals surface area (Å²) in [4.78, 5) is 14.4. The fourth-order valence-corrected chi connectivity index (χ4v) is 5.24. The van der Waals surface area contributed by atoms with Crippen molar-refractivity contribution in [2.45, 2.75) is 45.1 Å². The number of nitriles is 1. The first-order valence-electron chi connectivity index (χ1n) is 11.2. The third-order valence-electron chi connectivity index (χ3n) is 7.02. The van der Waals surface area contributed by atoms with Crippen molar-refractivity contribution in [1.82, 2.24) is 10.2 Å². The number of likely N-dealkylation sites (tertiary alicyclic amines) is 1. The molecule has 31 heavy (non-hydrogen) atoms. The highest BCUT2D eigenvalue weighted by atomic mass is 16.5. The molecule has 5 nitrogen and oxygen atoms in total. The molecule has 1 fully saturated rings. The number of rotatable bonds is 5. The Morgan fingerprint density at radius 2 is 1.97 bits per heavy atom. The van der Waals surface area contributed by atoms with E-state index in [1.165, 1.54) is 16.7 Å². The van der Waals surface area contributed by atoms with Gasteiger partial charge in [-0.15, -0.1) is 0 Å². The number of ether oxygens (including phenoxy) is 1. The van der Waals surface area contributed by atoms with Gasteiger partial charge in [-0.25, -0.2) is 0 Å². The minimum Gasteiger partial charge on any atom is -0.497 e. The van der Waals surface area contributed by atoms with Crippen molar-refractivity contribution in [3.05, 3.63) is 64.7 Å². The lowest BCUT2D eigenvalue weighted by molar-refractivity contribution is -0.120. The second-order valence-corrected chi connectivity index (χ2v) is 9.10. The summed E-state index contributed by atoms with van der Waals surface area (Å²) in [5.74, 6) is 0.873. The zero-order valence-corrected chi connectivity index (χ0v) is 18.5. The summed E-state index contributed by atoms with van der Waals surface area (Å²) in [5, 5.41) is 12.1. The molecule has 2 aromatic carbocycles. The van der Waals surface area contributed by atoms with Gasteiger partial charge in [-0.05, 0) is 91.6 Å². The second kappa shape index (κ2) is 9.11. The molecule has 0 aromatic heterocycles. The van der Waals surface area contributed by atoms with E-state index >= 15 is 0 Å². The van der Waals surface area contributed by atoms with Gasteiger partial charge in [0.05, 0.1) is 24.8 Å². The predicted octanol–water partition coefficient (Wildman–Crippen LogP) is 4.02. The summed E-state index contributed by atoms with van der Waals surface area (Å²) in [7, 11) is 1.69. The fourth-order valence-electron chi connectivity index (χ4n) is 5.24. The minimum atomic E-state index is 0.0238. The van der Waals surface area contributed by atoms with Gasteiger partial charge in [0.15, 0.2) is 0 Å². The summed E-state index contributed by atoms with van der Waals surface area (Å²) in [6.45, 7) is 4.83. The maximum atomic E-state index is 11.9. The Hall–Kier alpha value is -2.84. The van der Waals surface area contributed by atoms with Crippen LogP contribution in [-0.4, -0.2) is 37.6 Å². The Labute approximate surface area is 185 Å². The number of carbonyl (C=O) groups excluding carboxylic acids is 1. The molecule has 0 unspecified atom stereocenters. The molecule has 4 rings (SSSR count). The molecule has 1 spiro atoms. The maximum Gasteiger partial charge on any atom is 0.217 e. The Balaban J connectivity index is 1.40. The number of piperidine rings is 1. The number of fused-ring (bicyclic) bond motifs is 1. The molecule has 1 heterocycles. The minimum absolute atomic E-state index is 0.0238. The molecule has 1 N–H and O–H groups in total. The number of hydrogen-bond donors (Lipinski definition) is 1. The van der Waals surface area contributed by atoms with Crippen LogP contribution in [0, 0.1) is 16.7 Å². The van der Waals surface area contributed by atoms with Crippen LogP contribution in [0.25, 0.3) is 0 Å². The van der Waals surface area contributed by atoms with Crippen LogP contribution in [0.3, 0.4) is 0 Å². The fraction of sp³-hybridized carbons (Fsp3) is 0.462. The lowest BCUT2D eigenvalue weighted by Crippen LogP contribution is -2.46. The van der Waals surface area contributed by atoms with Crippen LogP contribution in [0.4, 0.5) is 0 Å². The molecule has 0 saturated carbocycles. The number of nitrogens with zero attached hydrogens (tertiary/aromatic N) is 2. The van der Waals surface area contributed by atoms with E-state index in [1.54, 1.807) is 14.0 Å². The van der Waals surface area contributed by atoms with Crippen LogP contribution in [-0.2, 0) is 17.6 Å². The third-order valence-corrected chi connectivity index (χ3v) is 7.02. The monoisotopic (exact) mass is 417 g/mol. The zero-order chi connectivity index (χ0) is 21.8. The topological polar surface area (TPSA) is 65.4 Å². The van der Waals surface area contributed by atoms with Crippen molar-refractivity contribution < 1.29 is 9.53 Å². The summed E-state index contributed by atoms with van der Waals surface area (Å²) in [5.41, 5.74) is 4.80. The first kappa shape index (κ1) is 21.4. The van der Waals surface area contributed by atoms with E-state index in [0.29, 0.717) is 5.56 Å². The van der Waals surface area contributed by atoms with E-state index in [9.17, 15) is 4.79 Å². The first-order valence-corrected chi connectivity index (χ1v) is 11.2. The molecular weight excluding hydrogens is 386 g/mol. The van der Waals surface area contributed by atoms with Crippen LogP contribution in [0.5, 0.6) is 5.75 Å². The lowest BCUT2D eigenvalue weighted by Gasteiger charge is -2.47. The SMILES string of the molecule is COc1ccc2c(c1)[C@@H](NC(C)=O)CC1(CCN(CCc3ccc(C#N)cc3)CC1)C2. The summed E-state index contributed by atoms with van der Waals surface area (Å²) < 4.78 is 5.43. The van der Waals surface area contributed by atoms with Gasteiger partial charge in [-0.3, -0.25) is 4.79 Å². The van der Waals surface area contributed by atoms with Gasteiger partial charge in [-0.2, -0.15) is 5.26 Å². The van der Waals surface area contributed by atoms with E-state index in [2.05, 4.69) is 40.6 Å². The van der Waals surface area contributed by atoms with Crippen molar-refractivity contribution in [3.8, 4) is 11.8 Å². The number of nitrogens with one attached hydrogen (secondary N) is 1. The summed E-state index contributed by atoms with van der Waals surface area (Å²) in [6.07, 6.45) is 5.39. The number of benzene rings is 2. The van der Waals surface area contributed by atoms with E-state index in [-0.39, 0.29) is 17.4 Å². The molecule has 1 saturated heterocycles. The number of methoxy groups -OCH3 is 1. The van der Waals surface area contributed by atoms with E-state index in [0.717, 1.165) is 57.5 Å². The van der Waals surface area contributed by atoms with Gasteiger partial charge in [0.2, 0.25) is 5.91 Å². The molecule has 1 aliphatic carbocycles. The summed E-state index contributed by atoms with van der Waals surface area (Å²) in [6, 6.07) is 16.5. The normalized spacial score (nSPS) is 20.0.